The number of aromatic amines is 1. The Kier molecular flexibility index (Phi) is 2.36. The van der Waals surface area contributed by atoms with Crippen LogP contribution in [0, 0.1) is 11.6 Å². The highest BCUT2D eigenvalue weighted by atomic mass is 19.1. The smallest absolute Gasteiger partial charge is 0.226 e. The number of amides is 1. The Bertz CT molecular complexity index is 603. The van der Waals surface area contributed by atoms with E-state index >= 15 is 0 Å². The number of fused-ring (bicyclic) bond motifs is 1. The van der Waals surface area contributed by atoms with E-state index < -0.39 is 17.6 Å². The zero-order valence-corrected chi connectivity index (χ0v) is 9.21. The average molecular weight is 249 g/mol. The van der Waals surface area contributed by atoms with Crippen molar-refractivity contribution in [2.24, 2.45) is 0 Å². The molecule has 2 heterocycles. The summed E-state index contributed by atoms with van der Waals surface area (Å²) in [6.07, 6.45) is 1.48. The molecule has 1 unspecified atom stereocenters. The monoisotopic (exact) mass is 249 g/mol. The second-order valence-electron chi connectivity index (χ2n) is 4.14. The summed E-state index contributed by atoms with van der Waals surface area (Å²) < 4.78 is 27.5. The molecule has 1 amide bonds. The minimum Gasteiger partial charge on any atom is -0.311 e. The molecule has 0 aliphatic carbocycles. The van der Waals surface area contributed by atoms with Crippen LogP contribution in [-0.4, -0.2) is 16.1 Å². The Balaban J connectivity index is 2.16. The molecule has 4 nitrogen and oxygen atoms in total. The number of nitrogens with one attached hydrogen (secondary N) is 2. The maximum atomic E-state index is 13.8. The van der Waals surface area contributed by atoms with Crippen molar-refractivity contribution < 1.29 is 13.6 Å². The van der Waals surface area contributed by atoms with Crippen molar-refractivity contribution in [1.82, 2.24) is 10.2 Å². The van der Waals surface area contributed by atoms with Gasteiger partial charge in [0.05, 0.1) is 6.20 Å². The number of rotatable bonds is 1. The van der Waals surface area contributed by atoms with Gasteiger partial charge in [0.1, 0.15) is 17.5 Å². The molecule has 0 radical (unpaired) electrons. The van der Waals surface area contributed by atoms with E-state index in [-0.39, 0.29) is 17.9 Å². The lowest BCUT2D eigenvalue weighted by atomic mass is 9.87. The lowest BCUT2D eigenvalue weighted by Gasteiger charge is -2.22. The van der Waals surface area contributed by atoms with Crippen molar-refractivity contribution in [3.63, 3.8) is 0 Å². The first-order chi connectivity index (χ1) is 8.66. The molecular weight excluding hydrogens is 240 g/mol. The SMILES string of the molecule is O=C1CC(c2c(F)cccc2F)c2cn[nH]c2N1. The fourth-order valence-corrected chi connectivity index (χ4v) is 2.25. The van der Waals surface area contributed by atoms with Gasteiger partial charge in [-0.2, -0.15) is 5.10 Å². The van der Waals surface area contributed by atoms with Gasteiger partial charge in [-0.25, -0.2) is 8.78 Å². The fraction of sp³-hybridized carbons (Fsp3) is 0.167. The van der Waals surface area contributed by atoms with E-state index in [1.165, 1.54) is 24.4 Å². The summed E-state index contributed by atoms with van der Waals surface area (Å²) in [6, 6.07) is 3.67. The number of H-pyrrole nitrogens is 1. The van der Waals surface area contributed by atoms with Gasteiger partial charge in [0.25, 0.3) is 0 Å². The molecule has 6 heteroatoms. The number of aromatic nitrogens is 2. The molecule has 0 saturated carbocycles. The molecule has 18 heavy (non-hydrogen) atoms. The van der Waals surface area contributed by atoms with Crippen molar-refractivity contribution in [2.75, 3.05) is 5.32 Å². The van der Waals surface area contributed by atoms with E-state index in [2.05, 4.69) is 15.5 Å². The van der Waals surface area contributed by atoms with E-state index in [9.17, 15) is 13.6 Å². The average Bonchev–Trinajstić information content (AvgIpc) is 2.76. The lowest BCUT2D eigenvalue weighted by Crippen LogP contribution is -2.24. The van der Waals surface area contributed by atoms with E-state index in [4.69, 9.17) is 0 Å². The van der Waals surface area contributed by atoms with Crippen LogP contribution in [0.2, 0.25) is 0 Å². The van der Waals surface area contributed by atoms with Crippen LogP contribution in [0.15, 0.2) is 24.4 Å². The Hall–Kier alpha value is -2.24. The minimum atomic E-state index is -0.651. The maximum absolute atomic E-state index is 13.8. The maximum Gasteiger partial charge on any atom is 0.226 e. The van der Waals surface area contributed by atoms with Crippen LogP contribution in [0.5, 0.6) is 0 Å². The number of hydrogen-bond acceptors (Lipinski definition) is 2. The normalized spacial score (nSPS) is 18.3. The third kappa shape index (κ3) is 1.57. The molecular formula is C12H9F2N3O. The Morgan fingerprint density at radius 3 is 2.72 bits per heavy atom. The first kappa shape index (κ1) is 10.9. The van der Waals surface area contributed by atoms with Gasteiger partial charge >= 0.3 is 0 Å². The van der Waals surface area contributed by atoms with Gasteiger partial charge in [-0.05, 0) is 12.1 Å². The van der Waals surface area contributed by atoms with Crippen molar-refractivity contribution >= 4 is 11.7 Å². The van der Waals surface area contributed by atoms with Gasteiger partial charge in [0.15, 0.2) is 0 Å². The van der Waals surface area contributed by atoms with Crippen LogP contribution < -0.4 is 5.32 Å². The van der Waals surface area contributed by atoms with E-state index in [0.717, 1.165) is 0 Å². The zero-order chi connectivity index (χ0) is 12.7. The largest absolute Gasteiger partial charge is 0.311 e. The number of hydrogen-bond donors (Lipinski definition) is 2. The topological polar surface area (TPSA) is 57.8 Å². The molecule has 1 aromatic heterocycles. The highest BCUT2D eigenvalue weighted by Gasteiger charge is 2.31. The molecule has 3 rings (SSSR count). The Morgan fingerprint density at radius 2 is 2.00 bits per heavy atom. The zero-order valence-electron chi connectivity index (χ0n) is 9.21. The first-order valence-corrected chi connectivity index (χ1v) is 5.44. The van der Waals surface area contributed by atoms with Gasteiger partial charge in [0, 0.05) is 23.5 Å². The standard InChI is InChI=1S/C12H9F2N3O/c13-8-2-1-3-9(14)11(8)6-4-10(18)16-12-7(6)5-15-17-12/h1-3,5-6H,4H2,(H2,15,16,17,18). The molecule has 0 saturated heterocycles. The van der Waals surface area contributed by atoms with Gasteiger partial charge < -0.3 is 5.32 Å². The second-order valence-corrected chi connectivity index (χ2v) is 4.14. The third-order valence-corrected chi connectivity index (χ3v) is 3.05. The third-order valence-electron chi connectivity index (χ3n) is 3.05. The molecule has 0 fully saturated rings. The molecule has 2 N–H and O–H groups in total. The van der Waals surface area contributed by atoms with Crippen molar-refractivity contribution in [1.29, 1.82) is 0 Å². The van der Waals surface area contributed by atoms with Crippen molar-refractivity contribution in [3.05, 3.63) is 47.2 Å². The number of anilines is 1. The highest BCUT2D eigenvalue weighted by Crippen LogP contribution is 2.37. The number of nitrogens with zero attached hydrogens (tertiary/aromatic N) is 1. The fourth-order valence-electron chi connectivity index (χ4n) is 2.25. The molecule has 1 aromatic carbocycles. The van der Waals surface area contributed by atoms with Gasteiger partial charge in [0.2, 0.25) is 5.91 Å². The van der Waals surface area contributed by atoms with E-state index in [0.29, 0.717) is 11.4 Å². The Labute approximate surface area is 101 Å². The molecule has 2 aromatic rings. The number of carbonyl (C=O) groups is 1. The Morgan fingerprint density at radius 1 is 1.28 bits per heavy atom. The molecule has 0 spiro atoms. The van der Waals surface area contributed by atoms with Crippen LogP contribution in [0.4, 0.5) is 14.6 Å². The van der Waals surface area contributed by atoms with Crippen LogP contribution in [0.25, 0.3) is 0 Å². The summed E-state index contributed by atoms with van der Waals surface area (Å²) in [7, 11) is 0. The second kappa shape index (κ2) is 3.90. The highest BCUT2D eigenvalue weighted by molar-refractivity contribution is 5.94. The minimum absolute atomic E-state index is 0.00435. The summed E-state index contributed by atoms with van der Waals surface area (Å²) in [4.78, 5) is 11.5. The summed E-state index contributed by atoms with van der Waals surface area (Å²) in [6.45, 7) is 0. The van der Waals surface area contributed by atoms with Gasteiger partial charge in [-0.3, -0.25) is 9.89 Å². The molecule has 92 valence electrons. The number of halogens is 2. The molecule has 1 atom stereocenters. The van der Waals surface area contributed by atoms with E-state index in [1.54, 1.807) is 0 Å². The van der Waals surface area contributed by atoms with Crippen LogP contribution >= 0.6 is 0 Å². The van der Waals surface area contributed by atoms with Crippen LogP contribution in [0.3, 0.4) is 0 Å². The summed E-state index contributed by atoms with van der Waals surface area (Å²) >= 11 is 0. The van der Waals surface area contributed by atoms with Crippen molar-refractivity contribution in [3.8, 4) is 0 Å². The number of carbonyl (C=O) groups excluding carboxylic acids is 1. The first-order valence-electron chi connectivity index (χ1n) is 5.44. The summed E-state index contributed by atoms with van der Waals surface area (Å²) in [5.74, 6) is -1.84. The molecule has 0 bridgehead atoms. The quantitative estimate of drug-likeness (QED) is 0.813. The predicted octanol–water partition coefficient (Wildman–Crippen LogP) is 2.16. The van der Waals surface area contributed by atoms with E-state index in [1.807, 2.05) is 0 Å². The van der Waals surface area contributed by atoms with Crippen LogP contribution in [0.1, 0.15) is 23.5 Å². The number of benzene rings is 1. The summed E-state index contributed by atoms with van der Waals surface area (Å²) in [5.41, 5.74) is 0.508. The predicted molar refractivity (Wildman–Crippen MR) is 60.0 cm³/mol. The molecule has 1 aliphatic rings. The van der Waals surface area contributed by atoms with Gasteiger partial charge in [-0.15, -0.1) is 0 Å². The van der Waals surface area contributed by atoms with Gasteiger partial charge in [-0.1, -0.05) is 6.07 Å². The lowest BCUT2D eigenvalue weighted by molar-refractivity contribution is -0.116. The van der Waals surface area contributed by atoms with Crippen LogP contribution in [-0.2, 0) is 4.79 Å². The van der Waals surface area contributed by atoms with Crippen molar-refractivity contribution in [2.45, 2.75) is 12.3 Å². The molecule has 1 aliphatic heterocycles. The summed E-state index contributed by atoms with van der Waals surface area (Å²) in [5, 5.41) is 8.97.